The molecule has 1 saturated carbocycles. The molecule has 1 amide bonds. The zero-order valence-electron chi connectivity index (χ0n) is 18.4. The van der Waals surface area contributed by atoms with E-state index in [4.69, 9.17) is 39.5 Å². The lowest BCUT2D eigenvalue weighted by Crippen LogP contribution is -2.17. The molecule has 1 aliphatic rings. The summed E-state index contributed by atoms with van der Waals surface area (Å²) in [4.78, 5) is 25.8. The number of amides is 1. The minimum absolute atomic E-state index is 0.000973. The van der Waals surface area contributed by atoms with Gasteiger partial charge in [-0.3, -0.25) is 9.59 Å². The fourth-order valence-electron chi connectivity index (χ4n) is 3.95. The number of halogens is 7. The van der Waals surface area contributed by atoms with E-state index in [1.54, 1.807) is 0 Å². The molecule has 0 bridgehead atoms. The number of ketones is 1. The van der Waals surface area contributed by atoms with Crippen LogP contribution >= 0.6 is 50.7 Å². The highest BCUT2D eigenvalue weighted by molar-refractivity contribution is 9.10. The summed E-state index contributed by atoms with van der Waals surface area (Å²) in [5.41, 5.74) is 0.639. The van der Waals surface area contributed by atoms with Crippen molar-refractivity contribution in [3.63, 3.8) is 0 Å². The van der Waals surface area contributed by atoms with Crippen molar-refractivity contribution in [3.05, 3.63) is 92.2 Å². The lowest BCUT2D eigenvalue weighted by molar-refractivity contribution is -0.117. The number of nitrogens with one attached hydrogen (secondary N) is 1. The maximum Gasteiger partial charge on any atom is 0.231 e. The molecule has 0 aliphatic heterocycles. The second kappa shape index (κ2) is 10.2. The number of hydrogen-bond acceptors (Lipinski definition) is 3. The van der Waals surface area contributed by atoms with E-state index in [0.29, 0.717) is 11.6 Å². The summed E-state index contributed by atoms with van der Waals surface area (Å²) in [6.45, 7) is 0. The lowest BCUT2D eigenvalue weighted by Gasteiger charge is -2.10. The summed E-state index contributed by atoms with van der Waals surface area (Å²) < 4.78 is 45.2. The smallest absolute Gasteiger partial charge is 0.231 e. The van der Waals surface area contributed by atoms with Crippen molar-refractivity contribution in [1.82, 2.24) is 0 Å². The van der Waals surface area contributed by atoms with E-state index < -0.39 is 45.3 Å². The summed E-state index contributed by atoms with van der Waals surface area (Å²) in [5.74, 6) is -4.72. The Labute approximate surface area is 227 Å². The zero-order chi connectivity index (χ0) is 26.4. The number of methoxy groups -OCH3 is 1. The monoisotopic (exact) mass is 619 g/mol. The summed E-state index contributed by atoms with van der Waals surface area (Å²) in [7, 11) is 1.37. The van der Waals surface area contributed by atoms with Gasteiger partial charge in [-0.05, 0) is 63.5 Å². The molecule has 0 aromatic heterocycles. The summed E-state index contributed by atoms with van der Waals surface area (Å²) in [6.07, 6.45) is -0.364. The number of rotatable bonds is 7. The molecule has 2 unspecified atom stereocenters. The molecule has 0 radical (unpaired) electrons. The third kappa shape index (κ3) is 5.23. The Kier molecular flexibility index (Phi) is 7.62. The van der Waals surface area contributed by atoms with E-state index in [-0.39, 0.29) is 38.5 Å². The number of carbonyl (C=O) groups is 2. The van der Waals surface area contributed by atoms with Gasteiger partial charge >= 0.3 is 0 Å². The molecule has 3 aromatic carbocycles. The lowest BCUT2D eigenvalue weighted by atomic mass is 10.0. The van der Waals surface area contributed by atoms with Gasteiger partial charge in [0.2, 0.25) is 5.91 Å². The summed E-state index contributed by atoms with van der Waals surface area (Å²) in [5, 5.41) is 2.73. The van der Waals surface area contributed by atoms with Crippen LogP contribution in [0.4, 0.5) is 18.9 Å². The Morgan fingerprint density at radius 2 is 1.78 bits per heavy atom. The van der Waals surface area contributed by atoms with Crippen molar-refractivity contribution in [3.8, 4) is 5.75 Å². The number of hydrogen-bond donors (Lipinski definition) is 1. The van der Waals surface area contributed by atoms with Crippen LogP contribution < -0.4 is 10.1 Å². The van der Waals surface area contributed by atoms with Crippen molar-refractivity contribution >= 4 is 68.1 Å². The van der Waals surface area contributed by atoms with Crippen LogP contribution in [-0.2, 0) is 11.2 Å². The highest BCUT2D eigenvalue weighted by Crippen LogP contribution is 2.65. The molecule has 0 saturated heterocycles. The maximum atomic E-state index is 14.3. The van der Waals surface area contributed by atoms with Crippen LogP contribution in [0.1, 0.15) is 27.4 Å². The molecule has 4 nitrogen and oxygen atoms in total. The van der Waals surface area contributed by atoms with Crippen molar-refractivity contribution in [2.24, 2.45) is 5.92 Å². The van der Waals surface area contributed by atoms with Gasteiger partial charge in [-0.1, -0.05) is 17.7 Å². The van der Waals surface area contributed by atoms with E-state index in [1.807, 2.05) is 0 Å². The standard InChI is InChI=1S/C25H16BrCl3F3NO3/c1-36-20-8-12(6-18(32)23(20)26)21-22(25(21,28)29)24(35)33-14-4-5-16(27)15(10-14)19(34)7-11-2-3-13(30)9-17(11)31/h2-6,8-10,21-22H,7H2,1H3,(H,33,35). The summed E-state index contributed by atoms with van der Waals surface area (Å²) in [6, 6.07) is 9.89. The minimum Gasteiger partial charge on any atom is -0.495 e. The average Bonchev–Trinajstić information content (AvgIpc) is 3.40. The van der Waals surface area contributed by atoms with E-state index in [9.17, 15) is 22.8 Å². The van der Waals surface area contributed by atoms with Crippen molar-refractivity contribution in [2.45, 2.75) is 16.7 Å². The van der Waals surface area contributed by atoms with Crippen LogP contribution in [0.25, 0.3) is 0 Å². The number of carbonyl (C=O) groups excluding carboxylic acids is 2. The molecule has 4 rings (SSSR count). The van der Waals surface area contributed by atoms with Crippen LogP contribution in [-0.4, -0.2) is 23.1 Å². The number of Topliss-reactive ketones (excluding diaryl/α,β-unsaturated/α-hetero) is 1. The molecular formula is C25H16BrCl3F3NO3. The molecule has 2 atom stereocenters. The van der Waals surface area contributed by atoms with Crippen molar-refractivity contribution in [2.75, 3.05) is 12.4 Å². The van der Waals surface area contributed by atoms with Gasteiger partial charge in [-0.2, -0.15) is 0 Å². The van der Waals surface area contributed by atoms with Crippen LogP contribution in [0.15, 0.2) is 53.0 Å². The van der Waals surface area contributed by atoms with Gasteiger partial charge in [0.1, 0.15) is 27.5 Å². The molecule has 0 heterocycles. The van der Waals surface area contributed by atoms with Gasteiger partial charge in [0.25, 0.3) is 0 Å². The Hall–Kier alpha value is -2.26. The number of benzene rings is 3. The molecular weight excluding hydrogens is 606 g/mol. The first-order chi connectivity index (χ1) is 16.9. The van der Waals surface area contributed by atoms with Crippen LogP contribution in [0.2, 0.25) is 5.02 Å². The third-order valence-corrected chi connectivity index (χ3v) is 7.87. The predicted molar refractivity (Wildman–Crippen MR) is 136 cm³/mol. The quantitative estimate of drug-likeness (QED) is 0.220. The van der Waals surface area contributed by atoms with Gasteiger partial charge in [-0.15, -0.1) is 23.2 Å². The van der Waals surface area contributed by atoms with E-state index in [2.05, 4.69) is 21.2 Å². The first kappa shape index (κ1) is 26.8. The van der Waals surface area contributed by atoms with Gasteiger partial charge in [0.15, 0.2) is 5.78 Å². The zero-order valence-corrected chi connectivity index (χ0v) is 22.2. The van der Waals surface area contributed by atoms with Crippen LogP contribution in [0.5, 0.6) is 5.75 Å². The number of ether oxygens (including phenoxy) is 1. The molecule has 1 N–H and O–H groups in total. The van der Waals surface area contributed by atoms with Gasteiger partial charge in [0, 0.05) is 29.7 Å². The highest BCUT2D eigenvalue weighted by atomic mass is 79.9. The van der Waals surface area contributed by atoms with Gasteiger partial charge in [0.05, 0.1) is 22.5 Å². The first-order valence-corrected chi connectivity index (χ1v) is 12.3. The van der Waals surface area contributed by atoms with Gasteiger partial charge < -0.3 is 10.1 Å². The second-order valence-electron chi connectivity index (χ2n) is 8.17. The van der Waals surface area contributed by atoms with Gasteiger partial charge in [-0.25, -0.2) is 13.2 Å². The van der Waals surface area contributed by atoms with Crippen LogP contribution in [0, 0.1) is 23.4 Å². The number of alkyl halides is 2. The number of anilines is 1. The molecule has 11 heteroatoms. The van der Waals surface area contributed by atoms with Crippen LogP contribution in [0.3, 0.4) is 0 Å². The molecule has 3 aromatic rings. The minimum atomic E-state index is -1.50. The van der Waals surface area contributed by atoms with E-state index in [1.165, 1.54) is 43.5 Å². The SMILES string of the molecule is COc1cc(C2C(C(=O)Nc3ccc(Cl)c(C(=O)Cc4ccc(F)cc4F)c3)C2(Cl)Cl)cc(F)c1Br. The van der Waals surface area contributed by atoms with E-state index >= 15 is 0 Å². The summed E-state index contributed by atoms with van der Waals surface area (Å²) >= 11 is 22.0. The highest BCUT2D eigenvalue weighted by Gasteiger charge is 2.67. The fourth-order valence-corrected chi connectivity index (χ4v) is 5.39. The van der Waals surface area contributed by atoms with Crippen molar-refractivity contribution < 1.29 is 27.5 Å². The molecule has 188 valence electrons. The normalized spacial score (nSPS) is 18.0. The predicted octanol–water partition coefficient (Wildman–Crippen LogP) is 7.48. The fraction of sp³-hybridized carbons (Fsp3) is 0.200. The topological polar surface area (TPSA) is 55.4 Å². The Bertz CT molecular complexity index is 1390. The molecule has 36 heavy (non-hydrogen) atoms. The first-order valence-electron chi connectivity index (χ1n) is 10.4. The molecule has 1 fully saturated rings. The molecule has 0 spiro atoms. The average molecular weight is 622 g/mol. The molecule has 1 aliphatic carbocycles. The van der Waals surface area contributed by atoms with Crippen molar-refractivity contribution in [1.29, 1.82) is 0 Å². The second-order valence-corrected chi connectivity index (χ2v) is 10.8. The van der Waals surface area contributed by atoms with E-state index in [0.717, 1.165) is 6.07 Å². The Balaban J connectivity index is 1.53. The largest absolute Gasteiger partial charge is 0.495 e. The third-order valence-electron chi connectivity index (χ3n) is 5.83. The maximum absolute atomic E-state index is 14.3. The Morgan fingerprint density at radius 3 is 2.44 bits per heavy atom. The Morgan fingerprint density at radius 1 is 1.06 bits per heavy atom.